The lowest BCUT2D eigenvalue weighted by Crippen LogP contribution is -1.92. The van der Waals surface area contributed by atoms with Crippen molar-refractivity contribution in [2.24, 2.45) is 0 Å². The summed E-state index contributed by atoms with van der Waals surface area (Å²) in [6, 6.07) is 19.0. The zero-order valence-corrected chi connectivity index (χ0v) is 10.4. The Morgan fingerprint density at radius 1 is 0.600 bits per heavy atom. The van der Waals surface area contributed by atoms with Crippen molar-refractivity contribution in [2.75, 3.05) is 0 Å². The SMILES string of the molecule is N#Cc1c2ccccc2c(C#N)c2c(C#N)cccc12. The quantitative estimate of drug-likeness (QED) is 0.574. The molecule has 3 rings (SSSR count). The van der Waals surface area contributed by atoms with Gasteiger partial charge in [0.15, 0.2) is 0 Å². The second-order valence-corrected chi connectivity index (χ2v) is 4.36. The molecule has 0 radical (unpaired) electrons. The normalized spacial score (nSPS) is 9.85. The van der Waals surface area contributed by atoms with Gasteiger partial charge in [-0.2, -0.15) is 15.8 Å². The molecule has 3 aromatic carbocycles. The van der Waals surface area contributed by atoms with Gasteiger partial charge >= 0.3 is 0 Å². The fourth-order valence-electron chi connectivity index (χ4n) is 2.56. The van der Waals surface area contributed by atoms with E-state index in [4.69, 9.17) is 0 Å². The molecule has 0 amide bonds. The Hall–Kier alpha value is -3.35. The summed E-state index contributed by atoms with van der Waals surface area (Å²) in [7, 11) is 0. The molecule has 0 aliphatic heterocycles. The van der Waals surface area contributed by atoms with E-state index >= 15 is 0 Å². The van der Waals surface area contributed by atoms with Gasteiger partial charge in [-0.05, 0) is 6.07 Å². The monoisotopic (exact) mass is 253 g/mol. The first kappa shape index (κ1) is 11.7. The molecule has 0 saturated heterocycles. The van der Waals surface area contributed by atoms with Gasteiger partial charge in [-0.3, -0.25) is 0 Å². The van der Waals surface area contributed by atoms with Gasteiger partial charge in [0.2, 0.25) is 0 Å². The van der Waals surface area contributed by atoms with Gasteiger partial charge in [-0.1, -0.05) is 36.4 Å². The fourth-order valence-corrected chi connectivity index (χ4v) is 2.56. The maximum atomic E-state index is 9.47. The van der Waals surface area contributed by atoms with Crippen LogP contribution in [0.5, 0.6) is 0 Å². The van der Waals surface area contributed by atoms with Gasteiger partial charge in [0.1, 0.15) is 12.1 Å². The molecule has 0 N–H and O–H groups in total. The fraction of sp³-hybridized carbons (Fsp3) is 0. The minimum Gasteiger partial charge on any atom is -0.192 e. The van der Waals surface area contributed by atoms with Crippen LogP contribution in [0.15, 0.2) is 42.5 Å². The highest BCUT2D eigenvalue weighted by atomic mass is 14.3. The Bertz CT molecular complexity index is 979. The largest absolute Gasteiger partial charge is 0.192 e. The van der Waals surface area contributed by atoms with Gasteiger partial charge in [0, 0.05) is 21.5 Å². The molecule has 0 atom stereocenters. The van der Waals surface area contributed by atoms with Crippen LogP contribution >= 0.6 is 0 Å². The summed E-state index contributed by atoms with van der Waals surface area (Å²) < 4.78 is 0. The lowest BCUT2D eigenvalue weighted by Gasteiger charge is -2.09. The molecule has 0 spiro atoms. The van der Waals surface area contributed by atoms with Crippen LogP contribution in [0.25, 0.3) is 21.5 Å². The number of hydrogen-bond acceptors (Lipinski definition) is 3. The van der Waals surface area contributed by atoms with Gasteiger partial charge in [0.05, 0.1) is 22.8 Å². The van der Waals surface area contributed by atoms with Crippen LogP contribution in [0.3, 0.4) is 0 Å². The number of hydrogen-bond donors (Lipinski definition) is 0. The minimum absolute atomic E-state index is 0.418. The molecule has 0 aliphatic rings. The van der Waals surface area contributed by atoms with E-state index < -0.39 is 0 Å². The first-order chi connectivity index (χ1) is 9.81. The maximum Gasteiger partial charge on any atom is 0.100 e. The Morgan fingerprint density at radius 3 is 1.80 bits per heavy atom. The second kappa shape index (κ2) is 4.39. The third-order valence-corrected chi connectivity index (χ3v) is 3.39. The first-order valence-corrected chi connectivity index (χ1v) is 5.99. The summed E-state index contributed by atoms with van der Waals surface area (Å²) in [4.78, 5) is 0. The minimum atomic E-state index is 0.418. The summed E-state index contributed by atoms with van der Waals surface area (Å²) in [6.07, 6.45) is 0. The smallest absolute Gasteiger partial charge is 0.100 e. The van der Waals surface area contributed by atoms with Gasteiger partial charge in [-0.25, -0.2) is 0 Å². The van der Waals surface area contributed by atoms with Crippen molar-refractivity contribution in [2.45, 2.75) is 0 Å². The molecule has 0 fully saturated rings. The van der Waals surface area contributed by atoms with Crippen LogP contribution in [-0.4, -0.2) is 0 Å². The lowest BCUT2D eigenvalue weighted by atomic mass is 9.90. The summed E-state index contributed by atoms with van der Waals surface area (Å²) >= 11 is 0. The predicted molar refractivity (Wildman–Crippen MR) is 75.6 cm³/mol. The standard InChI is InChI=1S/C17H7N3/c18-8-11-4-3-7-14-15(9-19)12-5-1-2-6-13(12)16(10-20)17(11)14/h1-7H. The van der Waals surface area contributed by atoms with Crippen molar-refractivity contribution in [1.29, 1.82) is 15.8 Å². The number of fused-ring (bicyclic) bond motifs is 2. The van der Waals surface area contributed by atoms with E-state index in [-0.39, 0.29) is 0 Å². The summed E-state index contributed by atoms with van der Waals surface area (Å²) in [6.45, 7) is 0. The zero-order chi connectivity index (χ0) is 14.1. The van der Waals surface area contributed by atoms with Gasteiger partial charge in [-0.15, -0.1) is 0 Å². The number of rotatable bonds is 0. The molecule has 3 nitrogen and oxygen atoms in total. The molecule has 3 heteroatoms. The summed E-state index contributed by atoms with van der Waals surface area (Å²) in [5.74, 6) is 0. The molecule has 20 heavy (non-hydrogen) atoms. The molecule has 0 aromatic heterocycles. The average Bonchev–Trinajstić information content (AvgIpc) is 2.51. The van der Waals surface area contributed by atoms with Crippen LogP contribution in [0.2, 0.25) is 0 Å². The third kappa shape index (κ3) is 1.43. The van der Waals surface area contributed by atoms with Crippen LogP contribution in [0, 0.1) is 34.0 Å². The van der Waals surface area contributed by atoms with Gasteiger partial charge in [0.25, 0.3) is 0 Å². The van der Waals surface area contributed by atoms with Crippen molar-refractivity contribution < 1.29 is 0 Å². The van der Waals surface area contributed by atoms with Crippen molar-refractivity contribution in [1.82, 2.24) is 0 Å². The van der Waals surface area contributed by atoms with E-state index in [0.717, 1.165) is 5.39 Å². The average molecular weight is 253 g/mol. The third-order valence-electron chi connectivity index (χ3n) is 3.39. The van der Waals surface area contributed by atoms with Crippen LogP contribution in [0.4, 0.5) is 0 Å². The summed E-state index contributed by atoms with van der Waals surface area (Å²) in [5, 5.41) is 30.8. The molecule has 0 saturated carbocycles. The van der Waals surface area contributed by atoms with E-state index in [1.807, 2.05) is 24.3 Å². The summed E-state index contributed by atoms with van der Waals surface area (Å²) in [5.41, 5.74) is 1.37. The van der Waals surface area contributed by atoms with Crippen LogP contribution < -0.4 is 0 Å². The lowest BCUT2D eigenvalue weighted by molar-refractivity contribution is 1.48. The van der Waals surface area contributed by atoms with Crippen molar-refractivity contribution in [3.8, 4) is 18.2 Å². The Morgan fingerprint density at radius 2 is 1.20 bits per heavy atom. The molecular weight excluding hydrogens is 246 g/mol. The van der Waals surface area contributed by atoms with Crippen molar-refractivity contribution >= 4 is 21.5 Å². The molecule has 0 aliphatic carbocycles. The predicted octanol–water partition coefficient (Wildman–Crippen LogP) is 3.61. The maximum absolute atomic E-state index is 9.47. The Kier molecular flexibility index (Phi) is 2.58. The Balaban J connectivity index is 2.77. The topological polar surface area (TPSA) is 71.4 Å². The molecule has 90 valence electrons. The molecule has 3 aromatic rings. The van der Waals surface area contributed by atoms with Gasteiger partial charge < -0.3 is 0 Å². The van der Waals surface area contributed by atoms with E-state index in [1.54, 1.807) is 18.2 Å². The zero-order valence-electron chi connectivity index (χ0n) is 10.4. The van der Waals surface area contributed by atoms with E-state index in [1.165, 1.54) is 0 Å². The number of benzene rings is 3. The van der Waals surface area contributed by atoms with Crippen LogP contribution in [-0.2, 0) is 0 Å². The number of nitrogens with zero attached hydrogens (tertiary/aromatic N) is 3. The highest BCUT2D eigenvalue weighted by molar-refractivity contribution is 6.10. The highest BCUT2D eigenvalue weighted by Crippen LogP contribution is 2.33. The molecule has 0 heterocycles. The highest BCUT2D eigenvalue weighted by Gasteiger charge is 2.15. The Labute approximate surface area is 115 Å². The molecular formula is C17H7N3. The van der Waals surface area contributed by atoms with Crippen molar-refractivity contribution in [3.63, 3.8) is 0 Å². The van der Waals surface area contributed by atoms with E-state index in [9.17, 15) is 15.8 Å². The van der Waals surface area contributed by atoms with Crippen molar-refractivity contribution in [3.05, 3.63) is 59.2 Å². The second-order valence-electron chi connectivity index (χ2n) is 4.36. The first-order valence-electron chi connectivity index (χ1n) is 5.99. The van der Waals surface area contributed by atoms with E-state index in [0.29, 0.717) is 32.8 Å². The number of nitriles is 3. The van der Waals surface area contributed by atoms with Crippen LogP contribution in [0.1, 0.15) is 16.7 Å². The molecule has 0 unspecified atom stereocenters. The molecule has 0 bridgehead atoms. The van der Waals surface area contributed by atoms with E-state index in [2.05, 4.69) is 18.2 Å².